The molecule has 0 saturated carbocycles. The highest BCUT2D eigenvalue weighted by Crippen LogP contribution is 2.08. The van der Waals surface area contributed by atoms with Crippen molar-refractivity contribution in [1.29, 1.82) is 0 Å². The quantitative estimate of drug-likeness (QED) is 0.714. The van der Waals surface area contributed by atoms with E-state index in [9.17, 15) is 9.59 Å². The van der Waals surface area contributed by atoms with Crippen LogP contribution in [-0.4, -0.2) is 17.1 Å². The van der Waals surface area contributed by atoms with Crippen molar-refractivity contribution in [3.63, 3.8) is 0 Å². The highest BCUT2D eigenvalue weighted by atomic mass is 16.5. The molecule has 1 heterocycles. The zero-order chi connectivity index (χ0) is 18.2. The molecular formula is C21H20N2O3. The lowest BCUT2D eigenvalue weighted by Crippen LogP contribution is -2.28. The van der Waals surface area contributed by atoms with Gasteiger partial charge in [0.25, 0.3) is 11.5 Å². The molecule has 0 fully saturated rings. The molecule has 3 aromatic rings. The lowest BCUT2D eigenvalue weighted by molar-refractivity contribution is -0.123. The topological polar surface area (TPSA) is 60.3 Å². The van der Waals surface area contributed by atoms with Gasteiger partial charge in [-0.05, 0) is 29.3 Å². The van der Waals surface area contributed by atoms with Gasteiger partial charge in [-0.1, -0.05) is 48.5 Å². The SMILES string of the molecule is O=C(COc1ccccc1)NCc1ccc(Cn2ccccc2=O)cc1. The second-order valence-electron chi connectivity index (χ2n) is 5.86. The molecule has 0 aliphatic heterocycles. The first-order valence-electron chi connectivity index (χ1n) is 8.38. The highest BCUT2D eigenvalue weighted by Gasteiger charge is 2.03. The highest BCUT2D eigenvalue weighted by molar-refractivity contribution is 5.77. The number of nitrogens with one attached hydrogen (secondary N) is 1. The number of ether oxygens (including phenoxy) is 1. The Morgan fingerprint density at radius 2 is 1.58 bits per heavy atom. The van der Waals surface area contributed by atoms with Gasteiger partial charge in [-0.2, -0.15) is 0 Å². The molecule has 2 aromatic carbocycles. The molecule has 132 valence electrons. The van der Waals surface area contributed by atoms with Gasteiger partial charge in [0.05, 0.1) is 6.54 Å². The van der Waals surface area contributed by atoms with E-state index in [1.165, 1.54) is 0 Å². The number of carbonyl (C=O) groups is 1. The molecular weight excluding hydrogens is 328 g/mol. The molecule has 1 amide bonds. The Hall–Kier alpha value is -3.34. The predicted octanol–water partition coefficient (Wildman–Crippen LogP) is 2.59. The normalized spacial score (nSPS) is 10.3. The Morgan fingerprint density at radius 3 is 2.31 bits per heavy atom. The first-order chi connectivity index (χ1) is 12.7. The van der Waals surface area contributed by atoms with Crippen LogP contribution in [0.1, 0.15) is 11.1 Å². The summed E-state index contributed by atoms with van der Waals surface area (Å²) in [5.41, 5.74) is 1.99. The summed E-state index contributed by atoms with van der Waals surface area (Å²) in [5, 5.41) is 2.83. The molecule has 0 bridgehead atoms. The maximum Gasteiger partial charge on any atom is 0.258 e. The Balaban J connectivity index is 1.47. The predicted molar refractivity (Wildman–Crippen MR) is 100 cm³/mol. The van der Waals surface area contributed by atoms with Crippen LogP contribution in [0.15, 0.2) is 83.8 Å². The molecule has 0 unspecified atom stereocenters. The number of aromatic nitrogens is 1. The van der Waals surface area contributed by atoms with Crippen LogP contribution in [-0.2, 0) is 17.9 Å². The summed E-state index contributed by atoms with van der Waals surface area (Å²) >= 11 is 0. The third kappa shape index (κ3) is 5.08. The van der Waals surface area contributed by atoms with Crippen molar-refractivity contribution in [2.24, 2.45) is 0 Å². The minimum absolute atomic E-state index is 0.0149. The zero-order valence-electron chi connectivity index (χ0n) is 14.3. The molecule has 0 atom stereocenters. The van der Waals surface area contributed by atoms with E-state index in [-0.39, 0.29) is 18.1 Å². The van der Waals surface area contributed by atoms with Crippen molar-refractivity contribution in [3.05, 3.63) is 100 Å². The summed E-state index contributed by atoms with van der Waals surface area (Å²) in [5.74, 6) is 0.497. The largest absolute Gasteiger partial charge is 0.484 e. The zero-order valence-corrected chi connectivity index (χ0v) is 14.3. The van der Waals surface area contributed by atoms with Crippen molar-refractivity contribution >= 4 is 5.91 Å². The van der Waals surface area contributed by atoms with E-state index in [1.54, 1.807) is 22.9 Å². The number of nitrogens with zero attached hydrogens (tertiary/aromatic N) is 1. The average Bonchev–Trinajstić information content (AvgIpc) is 2.68. The molecule has 5 nitrogen and oxygen atoms in total. The fraction of sp³-hybridized carbons (Fsp3) is 0.143. The standard InChI is InChI=1S/C21H20N2O3/c24-20(16-26-19-6-2-1-3-7-19)22-14-17-9-11-18(12-10-17)15-23-13-5-4-8-21(23)25/h1-13H,14-16H2,(H,22,24). The molecule has 1 aromatic heterocycles. The maximum atomic E-state index is 11.9. The van der Waals surface area contributed by atoms with E-state index in [4.69, 9.17) is 4.74 Å². The monoisotopic (exact) mass is 348 g/mol. The second kappa shape index (κ2) is 8.67. The van der Waals surface area contributed by atoms with E-state index in [1.807, 2.05) is 60.7 Å². The number of benzene rings is 2. The first kappa shape index (κ1) is 17.5. The van der Waals surface area contributed by atoms with Crippen LogP contribution in [0.5, 0.6) is 5.75 Å². The molecule has 0 spiro atoms. The van der Waals surface area contributed by atoms with Gasteiger partial charge in [0, 0.05) is 18.8 Å². The van der Waals surface area contributed by atoms with Crippen LogP contribution in [0.3, 0.4) is 0 Å². The Kier molecular flexibility index (Phi) is 5.83. The minimum Gasteiger partial charge on any atom is -0.484 e. The lowest BCUT2D eigenvalue weighted by atomic mass is 10.1. The first-order valence-corrected chi connectivity index (χ1v) is 8.38. The molecule has 0 aliphatic rings. The van der Waals surface area contributed by atoms with Crippen molar-refractivity contribution in [2.75, 3.05) is 6.61 Å². The smallest absolute Gasteiger partial charge is 0.258 e. The summed E-state index contributed by atoms with van der Waals surface area (Å²) in [6.07, 6.45) is 1.77. The second-order valence-corrected chi connectivity index (χ2v) is 5.86. The summed E-state index contributed by atoms with van der Waals surface area (Å²) in [4.78, 5) is 23.6. The Morgan fingerprint density at radius 1 is 0.885 bits per heavy atom. The number of hydrogen-bond acceptors (Lipinski definition) is 3. The van der Waals surface area contributed by atoms with Gasteiger partial charge in [-0.25, -0.2) is 0 Å². The van der Waals surface area contributed by atoms with Crippen LogP contribution in [0.2, 0.25) is 0 Å². The van der Waals surface area contributed by atoms with E-state index >= 15 is 0 Å². The van der Waals surface area contributed by atoms with Crippen molar-refractivity contribution < 1.29 is 9.53 Å². The molecule has 0 radical (unpaired) electrons. The summed E-state index contributed by atoms with van der Waals surface area (Å²) in [6, 6.07) is 22.2. The number of rotatable bonds is 7. The van der Waals surface area contributed by atoms with Gasteiger partial charge in [-0.3, -0.25) is 9.59 Å². The molecule has 26 heavy (non-hydrogen) atoms. The van der Waals surface area contributed by atoms with Crippen LogP contribution in [0.25, 0.3) is 0 Å². The summed E-state index contributed by atoms with van der Waals surface area (Å²) in [7, 11) is 0. The number of amides is 1. The van der Waals surface area contributed by atoms with Gasteiger partial charge in [0.2, 0.25) is 0 Å². The Bertz CT molecular complexity index is 902. The average molecular weight is 348 g/mol. The van der Waals surface area contributed by atoms with Crippen LogP contribution >= 0.6 is 0 Å². The van der Waals surface area contributed by atoms with E-state index in [0.29, 0.717) is 18.8 Å². The van der Waals surface area contributed by atoms with E-state index in [2.05, 4.69) is 5.32 Å². The van der Waals surface area contributed by atoms with Gasteiger partial charge in [0.15, 0.2) is 6.61 Å². The fourth-order valence-corrected chi connectivity index (χ4v) is 2.47. The fourth-order valence-electron chi connectivity index (χ4n) is 2.47. The Labute approximate surface area is 151 Å². The van der Waals surface area contributed by atoms with Crippen molar-refractivity contribution in [3.8, 4) is 5.75 Å². The van der Waals surface area contributed by atoms with Gasteiger partial charge >= 0.3 is 0 Å². The number of pyridine rings is 1. The summed E-state index contributed by atoms with van der Waals surface area (Å²) in [6.45, 7) is 0.943. The number of para-hydroxylation sites is 1. The number of hydrogen-bond donors (Lipinski definition) is 1. The molecule has 5 heteroatoms. The third-order valence-electron chi connectivity index (χ3n) is 3.88. The van der Waals surface area contributed by atoms with Crippen LogP contribution in [0.4, 0.5) is 0 Å². The molecule has 3 rings (SSSR count). The van der Waals surface area contributed by atoms with E-state index in [0.717, 1.165) is 11.1 Å². The molecule has 1 N–H and O–H groups in total. The lowest BCUT2D eigenvalue weighted by Gasteiger charge is -2.09. The van der Waals surface area contributed by atoms with E-state index < -0.39 is 0 Å². The third-order valence-corrected chi connectivity index (χ3v) is 3.88. The van der Waals surface area contributed by atoms with Gasteiger partial charge in [0.1, 0.15) is 5.75 Å². The van der Waals surface area contributed by atoms with Gasteiger partial charge < -0.3 is 14.6 Å². The van der Waals surface area contributed by atoms with Crippen molar-refractivity contribution in [2.45, 2.75) is 13.1 Å². The van der Waals surface area contributed by atoms with Gasteiger partial charge in [-0.15, -0.1) is 0 Å². The molecule has 0 saturated heterocycles. The van der Waals surface area contributed by atoms with Crippen LogP contribution in [0, 0.1) is 0 Å². The van der Waals surface area contributed by atoms with Crippen LogP contribution < -0.4 is 15.6 Å². The number of carbonyl (C=O) groups excluding carboxylic acids is 1. The van der Waals surface area contributed by atoms with Crippen molar-refractivity contribution in [1.82, 2.24) is 9.88 Å². The maximum absolute atomic E-state index is 11.9. The minimum atomic E-state index is -0.172. The summed E-state index contributed by atoms with van der Waals surface area (Å²) < 4.78 is 7.06. The molecule has 0 aliphatic carbocycles.